The van der Waals surface area contributed by atoms with Crippen LogP contribution in [0.4, 0.5) is 13.2 Å². The molecule has 1 spiro atoms. The lowest BCUT2D eigenvalue weighted by Gasteiger charge is -2.58. The summed E-state index contributed by atoms with van der Waals surface area (Å²) >= 11 is 0. The Morgan fingerprint density at radius 1 is 1.14 bits per heavy atom. The number of unbranched alkanes of at least 4 members (excludes halogenated alkanes) is 1. The Kier molecular flexibility index (Phi) is 5.95. The molecule has 2 aliphatic carbocycles. The summed E-state index contributed by atoms with van der Waals surface area (Å²) < 4.78 is 42.2. The van der Waals surface area contributed by atoms with Gasteiger partial charge in [0.15, 0.2) is 0 Å². The van der Waals surface area contributed by atoms with Crippen molar-refractivity contribution in [3.05, 3.63) is 0 Å². The summed E-state index contributed by atoms with van der Waals surface area (Å²) in [6, 6.07) is 0.445. The van der Waals surface area contributed by atoms with Crippen LogP contribution >= 0.6 is 0 Å². The smallest absolute Gasteiger partial charge is 0.378 e. The fourth-order valence-corrected chi connectivity index (χ4v) is 4.08. The van der Waals surface area contributed by atoms with Crippen LogP contribution in [0.25, 0.3) is 0 Å². The van der Waals surface area contributed by atoms with Crippen molar-refractivity contribution >= 4 is 0 Å². The number of hydrogen-bond donors (Lipinski definition) is 1. The molecule has 0 bridgehead atoms. The summed E-state index contributed by atoms with van der Waals surface area (Å²) in [6.07, 6.45) is 3.77. The van der Waals surface area contributed by atoms with Gasteiger partial charge in [-0.05, 0) is 45.6 Å². The summed E-state index contributed by atoms with van der Waals surface area (Å²) in [7, 11) is 0. The second-order valence-corrected chi connectivity index (χ2v) is 6.55. The number of alkyl halides is 3. The van der Waals surface area contributed by atoms with E-state index < -0.39 is 12.6 Å². The first-order chi connectivity index (χ1) is 9.98. The summed E-state index contributed by atoms with van der Waals surface area (Å²) in [5, 5.41) is 3.51. The van der Waals surface area contributed by atoms with E-state index in [2.05, 4.69) is 5.32 Å². The van der Waals surface area contributed by atoms with Gasteiger partial charge in [-0.1, -0.05) is 19.3 Å². The fraction of sp³-hybridized carbons (Fsp3) is 1.00. The average Bonchev–Trinajstić information content (AvgIpc) is 2.44. The van der Waals surface area contributed by atoms with E-state index in [1.165, 1.54) is 32.1 Å². The maximum atomic E-state index is 12.1. The van der Waals surface area contributed by atoms with Gasteiger partial charge in [-0.2, -0.15) is 13.2 Å². The Morgan fingerprint density at radius 3 is 2.48 bits per heavy atom. The number of nitrogens with one attached hydrogen (secondary N) is 1. The van der Waals surface area contributed by atoms with Gasteiger partial charge < -0.3 is 10.1 Å². The third-order valence-corrected chi connectivity index (χ3v) is 5.22. The van der Waals surface area contributed by atoms with Crippen molar-refractivity contribution in [3.63, 3.8) is 0 Å². The zero-order valence-corrected chi connectivity index (χ0v) is 13.0. The molecule has 0 amide bonds. The van der Waals surface area contributed by atoms with Crippen molar-refractivity contribution < 1.29 is 17.9 Å². The zero-order valence-electron chi connectivity index (χ0n) is 13.0. The molecule has 0 aliphatic heterocycles. The van der Waals surface area contributed by atoms with E-state index >= 15 is 0 Å². The summed E-state index contributed by atoms with van der Waals surface area (Å²) in [4.78, 5) is 0. The highest BCUT2D eigenvalue weighted by molar-refractivity contribution is 5.08. The average molecular weight is 307 g/mol. The molecule has 0 saturated heterocycles. The fourth-order valence-electron chi connectivity index (χ4n) is 4.08. The van der Waals surface area contributed by atoms with Gasteiger partial charge >= 0.3 is 6.18 Å². The molecule has 2 fully saturated rings. The molecule has 2 atom stereocenters. The molecule has 0 aromatic carbocycles. The van der Waals surface area contributed by atoms with Gasteiger partial charge in [-0.3, -0.25) is 0 Å². The Labute approximate surface area is 125 Å². The van der Waals surface area contributed by atoms with Gasteiger partial charge in [0.05, 0.1) is 6.10 Å². The first-order valence-electron chi connectivity index (χ1n) is 8.40. The highest BCUT2D eigenvalue weighted by Crippen LogP contribution is 2.53. The molecule has 2 rings (SSSR count). The minimum absolute atomic E-state index is 0.227. The lowest BCUT2D eigenvalue weighted by atomic mass is 9.55. The topological polar surface area (TPSA) is 21.3 Å². The highest BCUT2D eigenvalue weighted by Gasteiger charge is 2.55. The Hall–Kier alpha value is -0.290. The number of ether oxygens (including phenoxy) is 1. The molecule has 2 unspecified atom stereocenters. The second-order valence-electron chi connectivity index (χ2n) is 6.55. The standard InChI is InChI=1S/C16H28F3NO/c1-2-21-14-12-13(15(14)8-4-3-5-9-15)20-11-7-6-10-16(17,18)19/h13-14,20H,2-12H2,1H3. The van der Waals surface area contributed by atoms with Crippen molar-refractivity contribution in [1.29, 1.82) is 0 Å². The molecule has 1 N–H and O–H groups in total. The third kappa shape index (κ3) is 4.35. The van der Waals surface area contributed by atoms with Crippen LogP contribution in [0.1, 0.15) is 64.7 Å². The first-order valence-corrected chi connectivity index (χ1v) is 8.40. The van der Waals surface area contributed by atoms with Gasteiger partial charge in [0.25, 0.3) is 0 Å². The lowest BCUT2D eigenvalue weighted by Crippen LogP contribution is -2.64. The second kappa shape index (κ2) is 7.32. The SMILES string of the molecule is CCOC1CC(NCCCCC(F)(F)F)C12CCCCC2. The van der Waals surface area contributed by atoms with E-state index in [4.69, 9.17) is 4.74 Å². The van der Waals surface area contributed by atoms with Crippen molar-refractivity contribution in [1.82, 2.24) is 5.32 Å². The van der Waals surface area contributed by atoms with Crippen LogP contribution in [-0.4, -0.2) is 31.5 Å². The molecule has 21 heavy (non-hydrogen) atoms. The van der Waals surface area contributed by atoms with E-state index in [0.717, 1.165) is 13.0 Å². The van der Waals surface area contributed by atoms with Crippen LogP contribution in [0.2, 0.25) is 0 Å². The molecule has 0 aromatic heterocycles. The highest BCUT2D eigenvalue weighted by atomic mass is 19.4. The van der Waals surface area contributed by atoms with Crippen LogP contribution in [0.15, 0.2) is 0 Å². The minimum atomic E-state index is -4.01. The Balaban J connectivity index is 1.73. The van der Waals surface area contributed by atoms with Crippen molar-refractivity contribution in [2.24, 2.45) is 5.41 Å². The minimum Gasteiger partial charge on any atom is -0.378 e. The van der Waals surface area contributed by atoms with Crippen LogP contribution in [-0.2, 0) is 4.74 Å². The summed E-state index contributed by atoms with van der Waals surface area (Å²) in [6.45, 7) is 3.49. The van der Waals surface area contributed by atoms with E-state index in [0.29, 0.717) is 25.1 Å². The van der Waals surface area contributed by atoms with Gasteiger partial charge in [-0.15, -0.1) is 0 Å². The molecule has 5 heteroatoms. The van der Waals surface area contributed by atoms with Crippen LogP contribution < -0.4 is 5.32 Å². The predicted octanol–water partition coefficient (Wildman–Crippen LogP) is 4.44. The third-order valence-electron chi connectivity index (χ3n) is 5.22. The molecular weight excluding hydrogens is 279 g/mol. The Morgan fingerprint density at radius 2 is 1.86 bits per heavy atom. The Bertz CT molecular complexity index is 313. The van der Waals surface area contributed by atoms with Crippen molar-refractivity contribution in [3.8, 4) is 0 Å². The van der Waals surface area contributed by atoms with Gasteiger partial charge in [0, 0.05) is 24.5 Å². The van der Waals surface area contributed by atoms with E-state index in [1.54, 1.807) is 0 Å². The molecule has 124 valence electrons. The maximum Gasteiger partial charge on any atom is 0.389 e. The number of halogens is 3. The van der Waals surface area contributed by atoms with Crippen molar-refractivity contribution in [2.45, 2.75) is 83.0 Å². The monoisotopic (exact) mass is 307 g/mol. The largest absolute Gasteiger partial charge is 0.389 e. The van der Waals surface area contributed by atoms with Gasteiger partial charge in [-0.25, -0.2) is 0 Å². The zero-order chi connectivity index (χ0) is 15.3. The first kappa shape index (κ1) is 17.1. The van der Waals surface area contributed by atoms with Gasteiger partial charge in [0.2, 0.25) is 0 Å². The lowest BCUT2D eigenvalue weighted by molar-refractivity contribution is -0.150. The molecule has 2 saturated carbocycles. The van der Waals surface area contributed by atoms with E-state index in [9.17, 15) is 13.2 Å². The summed E-state index contributed by atoms with van der Waals surface area (Å²) in [5.41, 5.74) is 0.262. The van der Waals surface area contributed by atoms with E-state index in [1.807, 2.05) is 6.92 Å². The molecule has 0 heterocycles. The van der Waals surface area contributed by atoms with Crippen LogP contribution in [0, 0.1) is 5.41 Å². The molecular formula is C16H28F3NO. The number of hydrogen-bond acceptors (Lipinski definition) is 2. The molecule has 0 aromatic rings. The molecule has 2 aliphatic rings. The van der Waals surface area contributed by atoms with E-state index in [-0.39, 0.29) is 11.8 Å². The maximum absolute atomic E-state index is 12.1. The quantitative estimate of drug-likeness (QED) is 0.702. The van der Waals surface area contributed by atoms with Gasteiger partial charge in [0.1, 0.15) is 0 Å². The predicted molar refractivity (Wildman–Crippen MR) is 77.2 cm³/mol. The normalized spacial score (nSPS) is 28.6. The molecule has 0 radical (unpaired) electrons. The molecule has 2 nitrogen and oxygen atoms in total. The van der Waals surface area contributed by atoms with Crippen LogP contribution in [0.5, 0.6) is 0 Å². The summed E-state index contributed by atoms with van der Waals surface area (Å²) in [5.74, 6) is 0. The van der Waals surface area contributed by atoms with Crippen molar-refractivity contribution in [2.75, 3.05) is 13.2 Å². The van der Waals surface area contributed by atoms with Crippen LogP contribution in [0.3, 0.4) is 0 Å². The number of rotatable bonds is 7.